The average Bonchev–Trinajstić information content (AvgIpc) is 4.12. The van der Waals surface area contributed by atoms with E-state index in [1.807, 2.05) is 22.2 Å². The van der Waals surface area contributed by atoms with E-state index >= 15 is 0 Å². The van der Waals surface area contributed by atoms with Crippen molar-refractivity contribution in [1.29, 1.82) is 0 Å². The van der Waals surface area contributed by atoms with Gasteiger partial charge < -0.3 is 50.1 Å². The molecule has 0 bridgehead atoms. The van der Waals surface area contributed by atoms with Crippen LogP contribution in [0, 0.1) is 23.7 Å². The van der Waals surface area contributed by atoms with E-state index in [9.17, 15) is 29.4 Å². The second-order valence-corrected chi connectivity index (χ2v) is 20.2. The number of aromatic amines is 2. The Balaban J connectivity index is 0.753. The van der Waals surface area contributed by atoms with Crippen LogP contribution in [0.2, 0.25) is 0 Å². The van der Waals surface area contributed by atoms with Gasteiger partial charge >= 0.3 is 12.2 Å². The number of amides is 4. The number of hydrogen-bond donors (Lipinski definition) is 6. The lowest BCUT2D eigenvalue weighted by Crippen LogP contribution is -2.53. The molecular formula is C49H58N8O8. The second-order valence-electron chi connectivity index (χ2n) is 20.2. The van der Waals surface area contributed by atoms with Crippen molar-refractivity contribution in [3.63, 3.8) is 0 Å². The number of likely N-dealkylation sites (tertiary alicyclic amines) is 2. The highest BCUT2D eigenvalue weighted by atomic mass is 16.5. The number of nitrogens with zero attached hydrogens (tertiary/aromatic N) is 4. The third-order valence-corrected chi connectivity index (χ3v) is 16.5. The average molecular weight is 887 g/mol. The van der Waals surface area contributed by atoms with E-state index in [0.29, 0.717) is 63.9 Å². The fourth-order valence-electron chi connectivity index (χ4n) is 12.3. The predicted molar refractivity (Wildman–Crippen MR) is 237 cm³/mol. The van der Waals surface area contributed by atoms with E-state index in [2.05, 4.69) is 83.0 Å². The van der Waals surface area contributed by atoms with Gasteiger partial charge in [-0.3, -0.25) is 9.59 Å². The molecule has 65 heavy (non-hydrogen) atoms. The Labute approximate surface area is 377 Å². The minimum absolute atomic E-state index is 0.0721. The number of rotatable bonds is 12. The monoisotopic (exact) mass is 886 g/mol. The summed E-state index contributed by atoms with van der Waals surface area (Å²) in [4.78, 5) is 72.4. The van der Waals surface area contributed by atoms with E-state index in [4.69, 9.17) is 19.4 Å². The van der Waals surface area contributed by atoms with Gasteiger partial charge in [0.05, 0.1) is 23.5 Å². The maximum atomic E-state index is 14.1. The minimum atomic E-state index is -1.19. The Morgan fingerprint density at radius 1 is 0.631 bits per heavy atom. The van der Waals surface area contributed by atoms with Crippen LogP contribution in [0.5, 0.6) is 0 Å². The number of carboxylic acid groups (broad SMARTS) is 2. The highest BCUT2D eigenvalue weighted by Gasteiger charge is 2.63. The van der Waals surface area contributed by atoms with Gasteiger partial charge in [0.25, 0.3) is 0 Å². The molecule has 0 radical (unpaired) electrons. The summed E-state index contributed by atoms with van der Waals surface area (Å²) in [6.45, 7) is 6.74. The van der Waals surface area contributed by atoms with Crippen molar-refractivity contribution < 1.29 is 38.9 Å². The molecule has 2 unspecified atom stereocenters. The van der Waals surface area contributed by atoms with Gasteiger partial charge in [-0.25, -0.2) is 19.6 Å². The lowest BCUT2D eigenvalue weighted by molar-refractivity contribution is -0.138. The molecule has 4 amide bonds. The molecule has 342 valence electrons. The van der Waals surface area contributed by atoms with Crippen molar-refractivity contribution in [3.05, 3.63) is 83.7 Å². The summed E-state index contributed by atoms with van der Waals surface area (Å²) in [5, 5.41) is 24.4. The molecule has 11 rings (SSSR count). The van der Waals surface area contributed by atoms with Gasteiger partial charge in [-0.1, -0.05) is 62.4 Å². The standard InChI is InChI=1S/C49H58N8O8/c1-48(32-7-3-26(4-8-32)34-23-50-42(52-34)38-21-30-19-36(30)56(38)44(58)40(54-46(60)61)28-11-15-64-16-12-28)25-49(48,2)33-9-5-27(6-10-33)35-24-51-43(53-35)39-22-31-20-37(31)57(39)45(59)41(55-47(62)63)29-13-17-65-18-14-29/h3-10,23-24,28-31,36-41,54-55H,11-22,25H2,1-2H3,(H,50,52)(H,51,53)(H,60,61)(H,62,63)/t30-,31-,36?,37?,38+,39+,40-,41-,48-,49-/m1/s1. The summed E-state index contributed by atoms with van der Waals surface area (Å²) < 4.78 is 11.0. The molecule has 4 aliphatic heterocycles. The number of fused-ring (bicyclic) bond motifs is 2. The van der Waals surface area contributed by atoms with Crippen LogP contribution in [0.4, 0.5) is 9.59 Å². The number of benzene rings is 2. The Bertz CT molecular complexity index is 2310. The zero-order chi connectivity index (χ0) is 44.8. The number of ether oxygens (including phenoxy) is 2. The summed E-state index contributed by atoms with van der Waals surface area (Å²) in [5.41, 5.74) is 5.95. The Hall–Kier alpha value is -5.74. The fraction of sp³-hybridized carbons (Fsp3) is 0.551. The van der Waals surface area contributed by atoms with E-state index in [1.54, 1.807) is 0 Å². The molecule has 6 heterocycles. The number of aromatic nitrogens is 4. The predicted octanol–water partition coefficient (Wildman–Crippen LogP) is 6.54. The summed E-state index contributed by atoms with van der Waals surface area (Å²) in [5.74, 6) is 1.76. The van der Waals surface area contributed by atoms with E-state index in [0.717, 1.165) is 66.3 Å². The Morgan fingerprint density at radius 2 is 1.02 bits per heavy atom. The van der Waals surface area contributed by atoms with Crippen molar-refractivity contribution in [2.24, 2.45) is 23.7 Å². The first-order valence-corrected chi connectivity index (χ1v) is 23.5. The normalized spacial score (nSPS) is 31.4. The van der Waals surface area contributed by atoms with Gasteiger partial charge in [0.1, 0.15) is 23.7 Å². The first-order chi connectivity index (χ1) is 31.4. The molecule has 3 aliphatic carbocycles. The Kier molecular flexibility index (Phi) is 10.3. The zero-order valence-corrected chi connectivity index (χ0v) is 36.9. The molecule has 2 aromatic heterocycles. The fourth-order valence-corrected chi connectivity index (χ4v) is 12.3. The van der Waals surface area contributed by atoms with Crippen LogP contribution >= 0.6 is 0 Å². The van der Waals surface area contributed by atoms with Crippen molar-refractivity contribution in [2.45, 2.75) is 119 Å². The molecule has 4 aromatic rings. The van der Waals surface area contributed by atoms with Crippen LogP contribution in [0.1, 0.15) is 106 Å². The van der Waals surface area contributed by atoms with Crippen LogP contribution in [0.15, 0.2) is 60.9 Å². The number of carbonyl (C=O) groups excluding carboxylic acids is 2. The smallest absolute Gasteiger partial charge is 0.405 e. The first kappa shape index (κ1) is 41.9. The third-order valence-electron chi connectivity index (χ3n) is 16.5. The van der Waals surface area contributed by atoms with Gasteiger partial charge in [-0.15, -0.1) is 0 Å². The molecule has 0 spiro atoms. The highest BCUT2D eigenvalue weighted by molar-refractivity contribution is 5.88. The molecular weight excluding hydrogens is 829 g/mol. The molecule has 7 aliphatic rings. The molecule has 4 saturated heterocycles. The quantitative estimate of drug-likeness (QED) is 0.0904. The maximum Gasteiger partial charge on any atom is 0.405 e. The SMILES string of the molecule is C[C@]1(c2ccc(-c3c[nH]c([C@@H]4C[C@H]5CC5N4C(=O)[C@H](NC(=O)O)C4CCOCC4)n3)cc2)C[C@]1(C)c1ccc(-c2c[nH]c([C@@H]3C[C@H]4CC4N3C(=O)[C@H](NC(=O)O)C3CCOCC3)n2)cc1. The maximum absolute atomic E-state index is 14.1. The van der Waals surface area contributed by atoms with Gasteiger partial charge in [-0.2, -0.15) is 0 Å². The molecule has 10 atom stereocenters. The molecule has 16 heteroatoms. The highest BCUT2D eigenvalue weighted by Crippen LogP contribution is 2.65. The topological polar surface area (TPSA) is 215 Å². The van der Waals surface area contributed by atoms with Crippen LogP contribution in [0.3, 0.4) is 0 Å². The number of H-pyrrole nitrogens is 2. The van der Waals surface area contributed by atoms with Crippen LogP contribution in [0.25, 0.3) is 22.5 Å². The summed E-state index contributed by atoms with van der Waals surface area (Å²) >= 11 is 0. The summed E-state index contributed by atoms with van der Waals surface area (Å²) in [6.07, 6.45) is 8.53. The largest absolute Gasteiger partial charge is 0.465 e. The number of hydrogen-bond acceptors (Lipinski definition) is 8. The number of imidazole rings is 2. The molecule has 7 fully saturated rings. The zero-order valence-electron chi connectivity index (χ0n) is 36.9. The molecule has 3 saturated carbocycles. The van der Waals surface area contributed by atoms with Crippen molar-refractivity contribution in [2.75, 3.05) is 26.4 Å². The van der Waals surface area contributed by atoms with Gasteiger partial charge in [0, 0.05) is 72.9 Å². The minimum Gasteiger partial charge on any atom is -0.465 e. The Morgan fingerprint density at radius 3 is 1.38 bits per heavy atom. The van der Waals surface area contributed by atoms with Crippen LogP contribution < -0.4 is 10.6 Å². The number of carbonyl (C=O) groups is 4. The lowest BCUT2D eigenvalue weighted by atomic mass is 9.83. The van der Waals surface area contributed by atoms with E-state index in [-0.39, 0.29) is 58.6 Å². The van der Waals surface area contributed by atoms with E-state index < -0.39 is 24.3 Å². The second kappa shape index (κ2) is 16.0. The molecule has 16 nitrogen and oxygen atoms in total. The number of piperidine rings is 2. The first-order valence-electron chi connectivity index (χ1n) is 23.5. The van der Waals surface area contributed by atoms with Crippen molar-refractivity contribution >= 4 is 24.0 Å². The van der Waals surface area contributed by atoms with Gasteiger partial charge in [0.15, 0.2) is 0 Å². The van der Waals surface area contributed by atoms with Gasteiger partial charge in [0.2, 0.25) is 11.8 Å². The summed E-state index contributed by atoms with van der Waals surface area (Å²) in [6, 6.07) is 15.5. The van der Waals surface area contributed by atoms with Crippen molar-refractivity contribution in [1.82, 2.24) is 40.4 Å². The van der Waals surface area contributed by atoms with Gasteiger partial charge in [-0.05, 0) is 92.6 Å². The van der Waals surface area contributed by atoms with Crippen molar-refractivity contribution in [3.8, 4) is 22.5 Å². The van der Waals surface area contributed by atoms with Crippen LogP contribution in [-0.4, -0.2) is 115 Å². The molecule has 2 aromatic carbocycles. The van der Waals surface area contributed by atoms with E-state index in [1.165, 1.54) is 11.1 Å². The van der Waals surface area contributed by atoms with Crippen LogP contribution in [-0.2, 0) is 29.9 Å². The third kappa shape index (κ3) is 7.46. The number of nitrogens with one attached hydrogen (secondary N) is 4. The molecule has 6 N–H and O–H groups in total. The lowest BCUT2D eigenvalue weighted by Gasteiger charge is -2.35. The summed E-state index contributed by atoms with van der Waals surface area (Å²) in [7, 11) is 0.